The topological polar surface area (TPSA) is 46.2 Å². The Bertz CT molecular complexity index is 188. The summed E-state index contributed by atoms with van der Waals surface area (Å²) in [5, 5.41) is 2.64. The van der Waals surface area contributed by atoms with E-state index in [4.69, 9.17) is 0 Å². The minimum atomic E-state index is -0.572. The largest absolute Gasteiger partial charge is 0.344 e. The second-order valence-corrected chi connectivity index (χ2v) is 2.94. The van der Waals surface area contributed by atoms with E-state index in [0.717, 1.165) is 0 Å². The van der Waals surface area contributed by atoms with Gasteiger partial charge in [-0.25, -0.2) is 0 Å². The SMILES string of the molecule is CC(=O)[C@]1(C)CCC(=O)N1. The molecule has 1 N–H and O–H groups in total. The van der Waals surface area contributed by atoms with Crippen molar-refractivity contribution in [1.29, 1.82) is 0 Å². The zero-order chi connectivity index (χ0) is 7.78. The van der Waals surface area contributed by atoms with Crippen molar-refractivity contribution in [3.8, 4) is 0 Å². The summed E-state index contributed by atoms with van der Waals surface area (Å²) in [6, 6.07) is 0. The summed E-state index contributed by atoms with van der Waals surface area (Å²) in [5.41, 5.74) is -0.572. The molecule has 1 rings (SSSR count). The minimum Gasteiger partial charge on any atom is -0.344 e. The third-order valence-corrected chi connectivity index (χ3v) is 2.04. The smallest absolute Gasteiger partial charge is 0.220 e. The van der Waals surface area contributed by atoms with Gasteiger partial charge in [0.05, 0.1) is 5.54 Å². The van der Waals surface area contributed by atoms with Gasteiger partial charge >= 0.3 is 0 Å². The molecule has 1 amide bonds. The number of rotatable bonds is 1. The summed E-state index contributed by atoms with van der Waals surface area (Å²) in [7, 11) is 0. The molecule has 0 saturated carbocycles. The van der Waals surface area contributed by atoms with Crippen LogP contribution >= 0.6 is 0 Å². The van der Waals surface area contributed by atoms with Gasteiger partial charge in [-0.1, -0.05) is 0 Å². The van der Waals surface area contributed by atoms with Crippen LogP contribution in [-0.2, 0) is 9.59 Å². The molecule has 0 aliphatic carbocycles. The van der Waals surface area contributed by atoms with E-state index in [-0.39, 0.29) is 11.7 Å². The fourth-order valence-corrected chi connectivity index (χ4v) is 1.06. The summed E-state index contributed by atoms with van der Waals surface area (Å²) in [5.74, 6) is 0.0241. The lowest BCUT2D eigenvalue weighted by Gasteiger charge is -2.19. The van der Waals surface area contributed by atoms with Gasteiger partial charge in [0.2, 0.25) is 5.91 Å². The minimum absolute atomic E-state index is 0.0160. The van der Waals surface area contributed by atoms with Crippen LogP contribution in [0.2, 0.25) is 0 Å². The predicted octanol–water partition coefficient (Wildman–Crippen LogP) is 0.244. The van der Waals surface area contributed by atoms with Crippen molar-refractivity contribution in [1.82, 2.24) is 5.32 Å². The molecule has 0 radical (unpaired) electrons. The van der Waals surface area contributed by atoms with Crippen LogP contribution in [0.4, 0.5) is 0 Å². The quantitative estimate of drug-likeness (QED) is 0.568. The number of hydrogen-bond acceptors (Lipinski definition) is 2. The highest BCUT2D eigenvalue weighted by molar-refractivity contribution is 5.94. The lowest BCUT2D eigenvalue weighted by atomic mass is 9.96. The maximum atomic E-state index is 10.9. The molecule has 0 aromatic rings. The molecule has 56 valence electrons. The van der Waals surface area contributed by atoms with Crippen molar-refractivity contribution >= 4 is 11.7 Å². The highest BCUT2D eigenvalue weighted by Gasteiger charge is 2.36. The number of amides is 1. The molecule has 0 bridgehead atoms. The van der Waals surface area contributed by atoms with Crippen molar-refractivity contribution in [3.63, 3.8) is 0 Å². The Morgan fingerprint density at radius 3 is 2.50 bits per heavy atom. The normalized spacial score (nSPS) is 32.0. The number of carbonyl (C=O) groups excluding carboxylic acids is 2. The van der Waals surface area contributed by atoms with Crippen molar-refractivity contribution < 1.29 is 9.59 Å². The molecule has 1 heterocycles. The Labute approximate surface area is 59.8 Å². The van der Waals surface area contributed by atoms with Crippen LogP contribution in [0.3, 0.4) is 0 Å². The molecule has 1 saturated heterocycles. The number of carbonyl (C=O) groups is 2. The first-order chi connectivity index (χ1) is 4.54. The van der Waals surface area contributed by atoms with E-state index in [9.17, 15) is 9.59 Å². The zero-order valence-corrected chi connectivity index (χ0v) is 6.23. The van der Waals surface area contributed by atoms with Crippen LogP contribution in [-0.4, -0.2) is 17.2 Å². The van der Waals surface area contributed by atoms with Crippen LogP contribution in [0.5, 0.6) is 0 Å². The Hall–Kier alpha value is -0.860. The average Bonchev–Trinajstić information content (AvgIpc) is 2.13. The van der Waals surface area contributed by atoms with E-state index in [1.165, 1.54) is 6.92 Å². The zero-order valence-electron chi connectivity index (χ0n) is 6.23. The fourth-order valence-electron chi connectivity index (χ4n) is 1.06. The van der Waals surface area contributed by atoms with Gasteiger partial charge in [-0.3, -0.25) is 9.59 Å². The standard InChI is InChI=1S/C7H11NO2/c1-5(9)7(2)4-3-6(10)8-7/h3-4H2,1-2H3,(H,8,10)/t7-/m0/s1. The first kappa shape index (κ1) is 7.25. The van der Waals surface area contributed by atoms with Gasteiger partial charge in [0.15, 0.2) is 5.78 Å². The molecule has 1 aliphatic heterocycles. The van der Waals surface area contributed by atoms with Gasteiger partial charge in [-0.05, 0) is 20.3 Å². The maximum absolute atomic E-state index is 10.9. The summed E-state index contributed by atoms with van der Waals surface area (Å²) < 4.78 is 0. The molecule has 0 aromatic heterocycles. The first-order valence-corrected chi connectivity index (χ1v) is 3.37. The average molecular weight is 141 g/mol. The van der Waals surface area contributed by atoms with Gasteiger partial charge in [-0.2, -0.15) is 0 Å². The van der Waals surface area contributed by atoms with Crippen LogP contribution in [0, 0.1) is 0 Å². The van der Waals surface area contributed by atoms with Crippen LogP contribution in [0.25, 0.3) is 0 Å². The third-order valence-electron chi connectivity index (χ3n) is 2.04. The molecule has 0 aromatic carbocycles. The number of nitrogens with one attached hydrogen (secondary N) is 1. The number of hydrogen-bond donors (Lipinski definition) is 1. The van der Waals surface area contributed by atoms with E-state index in [2.05, 4.69) is 5.32 Å². The summed E-state index contributed by atoms with van der Waals surface area (Å²) in [6.07, 6.45) is 1.12. The van der Waals surface area contributed by atoms with Crippen LogP contribution < -0.4 is 5.32 Å². The lowest BCUT2D eigenvalue weighted by Crippen LogP contribution is -2.44. The highest BCUT2D eigenvalue weighted by Crippen LogP contribution is 2.19. The van der Waals surface area contributed by atoms with Gasteiger partial charge in [0.1, 0.15) is 0 Å². The van der Waals surface area contributed by atoms with Gasteiger partial charge in [-0.15, -0.1) is 0 Å². The highest BCUT2D eigenvalue weighted by atomic mass is 16.2. The predicted molar refractivity (Wildman–Crippen MR) is 36.5 cm³/mol. The molecular weight excluding hydrogens is 130 g/mol. The second-order valence-electron chi connectivity index (χ2n) is 2.94. The molecule has 10 heavy (non-hydrogen) atoms. The monoisotopic (exact) mass is 141 g/mol. The maximum Gasteiger partial charge on any atom is 0.220 e. The van der Waals surface area contributed by atoms with Crippen molar-refractivity contribution in [2.45, 2.75) is 32.2 Å². The Morgan fingerprint density at radius 1 is 1.70 bits per heavy atom. The van der Waals surface area contributed by atoms with Crippen LogP contribution in [0.15, 0.2) is 0 Å². The van der Waals surface area contributed by atoms with E-state index < -0.39 is 5.54 Å². The van der Waals surface area contributed by atoms with Gasteiger partial charge < -0.3 is 5.32 Å². The number of ketones is 1. The van der Waals surface area contributed by atoms with Crippen LogP contribution in [0.1, 0.15) is 26.7 Å². The van der Waals surface area contributed by atoms with Crippen molar-refractivity contribution in [2.75, 3.05) is 0 Å². The molecule has 3 heteroatoms. The van der Waals surface area contributed by atoms with E-state index in [0.29, 0.717) is 12.8 Å². The van der Waals surface area contributed by atoms with Gasteiger partial charge in [0, 0.05) is 6.42 Å². The second kappa shape index (κ2) is 2.08. The first-order valence-electron chi connectivity index (χ1n) is 3.37. The van der Waals surface area contributed by atoms with E-state index >= 15 is 0 Å². The Kier molecular flexibility index (Phi) is 1.50. The van der Waals surface area contributed by atoms with Crippen molar-refractivity contribution in [3.05, 3.63) is 0 Å². The molecule has 1 atom stereocenters. The fraction of sp³-hybridized carbons (Fsp3) is 0.714. The lowest BCUT2D eigenvalue weighted by molar-refractivity contribution is -0.126. The Balaban J connectivity index is 2.72. The molecule has 1 aliphatic rings. The third kappa shape index (κ3) is 1.03. The van der Waals surface area contributed by atoms with E-state index in [1.54, 1.807) is 6.92 Å². The summed E-state index contributed by atoms with van der Waals surface area (Å²) in [6.45, 7) is 3.27. The van der Waals surface area contributed by atoms with Gasteiger partial charge in [0.25, 0.3) is 0 Å². The number of Topliss-reactive ketones (excluding diaryl/α,β-unsaturated/α-hetero) is 1. The molecular formula is C7H11NO2. The van der Waals surface area contributed by atoms with Crippen molar-refractivity contribution in [2.24, 2.45) is 0 Å². The molecule has 0 spiro atoms. The Morgan fingerprint density at radius 2 is 2.30 bits per heavy atom. The molecule has 1 fully saturated rings. The molecule has 0 unspecified atom stereocenters. The summed E-state index contributed by atoms with van der Waals surface area (Å²) >= 11 is 0. The summed E-state index contributed by atoms with van der Waals surface area (Å²) in [4.78, 5) is 21.6. The molecule has 3 nitrogen and oxygen atoms in total. The van der Waals surface area contributed by atoms with E-state index in [1.807, 2.05) is 0 Å².